The van der Waals surface area contributed by atoms with Gasteiger partial charge < -0.3 is 14.7 Å². The number of nitrogens with one attached hydrogen (secondary N) is 2. The van der Waals surface area contributed by atoms with E-state index in [0.29, 0.717) is 5.62 Å². The van der Waals surface area contributed by atoms with Crippen molar-refractivity contribution in [3.8, 4) is 0 Å². The fourth-order valence-corrected chi connectivity index (χ4v) is 0.847. The number of carbonyl (C=O) groups is 2. The van der Waals surface area contributed by atoms with Crippen LogP contribution in [0.3, 0.4) is 0 Å². The van der Waals surface area contributed by atoms with E-state index in [0.717, 1.165) is 0 Å². The molecule has 0 aromatic carbocycles. The molecular formula is C8H11N3O3. The highest BCUT2D eigenvalue weighted by Crippen LogP contribution is 1.88. The molecular weight excluding hydrogens is 186 g/mol. The van der Waals surface area contributed by atoms with Gasteiger partial charge in [0.1, 0.15) is 6.42 Å². The van der Waals surface area contributed by atoms with Crippen LogP contribution in [-0.2, 0) is 14.3 Å². The van der Waals surface area contributed by atoms with Gasteiger partial charge >= 0.3 is 5.97 Å². The number of ether oxygens (including phenoxy) is 1. The Labute approximate surface area is 80.0 Å². The highest BCUT2D eigenvalue weighted by molar-refractivity contribution is 5.94. The molecule has 1 heterocycles. The van der Waals surface area contributed by atoms with Gasteiger partial charge in [-0.2, -0.15) is 4.99 Å². The summed E-state index contributed by atoms with van der Waals surface area (Å²) < 4.78 is 4.59. The normalized spacial score (nSPS) is 9.50. The molecule has 0 atom stereocenters. The SMILES string of the molecule is CCOC(=O)CC(=O)N=c1[nH]cc[nH]1. The average molecular weight is 197 g/mol. The molecule has 0 aliphatic carbocycles. The summed E-state index contributed by atoms with van der Waals surface area (Å²) in [6.07, 6.45) is 2.85. The molecule has 1 rings (SSSR count). The third kappa shape index (κ3) is 3.26. The van der Waals surface area contributed by atoms with Gasteiger partial charge in [-0.15, -0.1) is 0 Å². The summed E-state index contributed by atoms with van der Waals surface area (Å²) in [5.41, 5.74) is 0.319. The van der Waals surface area contributed by atoms with Crippen molar-refractivity contribution in [2.75, 3.05) is 6.61 Å². The number of nitrogens with zero attached hydrogens (tertiary/aromatic N) is 1. The minimum atomic E-state index is -0.562. The van der Waals surface area contributed by atoms with Crippen molar-refractivity contribution < 1.29 is 14.3 Å². The van der Waals surface area contributed by atoms with E-state index in [-0.39, 0.29) is 13.0 Å². The highest BCUT2D eigenvalue weighted by atomic mass is 16.5. The maximum atomic E-state index is 11.1. The average Bonchev–Trinajstić information content (AvgIpc) is 2.56. The van der Waals surface area contributed by atoms with E-state index in [1.165, 1.54) is 0 Å². The molecule has 0 bridgehead atoms. The minimum Gasteiger partial charge on any atom is -0.466 e. The number of imidazole rings is 1. The smallest absolute Gasteiger partial charge is 0.315 e. The Morgan fingerprint density at radius 2 is 2.07 bits per heavy atom. The summed E-state index contributed by atoms with van der Waals surface area (Å²) in [5, 5.41) is 0. The van der Waals surface area contributed by atoms with E-state index in [4.69, 9.17) is 0 Å². The fourth-order valence-electron chi connectivity index (χ4n) is 0.847. The van der Waals surface area contributed by atoms with Crippen LogP contribution in [0.25, 0.3) is 0 Å². The van der Waals surface area contributed by atoms with Gasteiger partial charge in [0.15, 0.2) is 0 Å². The second kappa shape index (κ2) is 5.00. The van der Waals surface area contributed by atoms with Crippen molar-refractivity contribution in [3.63, 3.8) is 0 Å². The lowest BCUT2D eigenvalue weighted by molar-refractivity contribution is -0.145. The molecule has 0 fully saturated rings. The number of aromatic amines is 2. The van der Waals surface area contributed by atoms with Gasteiger partial charge in [-0.3, -0.25) is 9.59 Å². The maximum absolute atomic E-state index is 11.1. The lowest BCUT2D eigenvalue weighted by Crippen LogP contribution is -2.14. The van der Waals surface area contributed by atoms with Crippen LogP contribution in [0.15, 0.2) is 17.4 Å². The first-order valence-electron chi connectivity index (χ1n) is 4.17. The van der Waals surface area contributed by atoms with Gasteiger partial charge in [0.25, 0.3) is 5.91 Å². The minimum absolute atomic E-state index is 0.265. The molecule has 2 N–H and O–H groups in total. The standard InChI is InChI=1S/C8H11N3O3/c1-2-14-7(13)5-6(12)11-8-9-3-4-10-8/h3-4H,2,5H2,1H3,(H2,9,10,11,12). The second-order valence-electron chi connectivity index (χ2n) is 2.46. The van der Waals surface area contributed by atoms with E-state index in [1.807, 2.05) is 0 Å². The van der Waals surface area contributed by atoms with Gasteiger partial charge in [0, 0.05) is 12.4 Å². The number of amides is 1. The van der Waals surface area contributed by atoms with E-state index >= 15 is 0 Å². The van der Waals surface area contributed by atoms with Crippen LogP contribution in [-0.4, -0.2) is 28.5 Å². The van der Waals surface area contributed by atoms with Crippen molar-refractivity contribution in [3.05, 3.63) is 18.0 Å². The van der Waals surface area contributed by atoms with E-state index in [2.05, 4.69) is 19.7 Å². The number of esters is 1. The predicted molar refractivity (Wildman–Crippen MR) is 47.0 cm³/mol. The van der Waals surface area contributed by atoms with Gasteiger partial charge in [-0.05, 0) is 6.92 Å². The quantitative estimate of drug-likeness (QED) is 0.516. The third-order valence-electron chi connectivity index (χ3n) is 1.36. The maximum Gasteiger partial charge on any atom is 0.315 e. The summed E-state index contributed by atoms with van der Waals surface area (Å²) in [7, 11) is 0. The van der Waals surface area contributed by atoms with Crippen LogP contribution in [0, 0.1) is 0 Å². The van der Waals surface area contributed by atoms with Crippen LogP contribution in [0.4, 0.5) is 0 Å². The summed E-state index contributed by atoms with van der Waals surface area (Å²) in [5.74, 6) is -1.10. The van der Waals surface area contributed by atoms with Gasteiger partial charge in [0.2, 0.25) is 5.62 Å². The van der Waals surface area contributed by atoms with Gasteiger partial charge in [-0.1, -0.05) is 0 Å². The summed E-state index contributed by atoms with van der Waals surface area (Å²) in [6.45, 7) is 1.94. The molecule has 0 saturated carbocycles. The molecule has 0 spiro atoms. The Bertz CT molecular complexity index is 360. The molecule has 0 aliphatic rings. The topological polar surface area (TPSA) is 87.3 Å². The predicted octanol–water partition coefficient (Wildman–Crippen LogP) is -0.277. The van der Waals surface area contributed by atoms with Gasteiger partial charge in [-0.25, -0.2) is 0 Å². The number of rotatable bonds is 3. The Balaban J connectivity index is 2.52. The second-order valence-corrected chi connectivity index (χ2v) is 2.46. The number of carbonyl (C=O) groups excluding carboxylic acids is 2. The van der Waals surface area contributed by atoms with Crippen molar-refractivity contribution >= 4 is 11.9 Å². The largest absolute Gasteiger partial charge is 0.466 e. The van der Waals surface area contributed by atoms with E-state index in [9.17, 15) is 9.59 Å². The van der Waals surface area contributed by atoms with Gasteiger partial charge in [0.05, 0.1) is 6.61 Å². The van der Waals surface area contributed by atoms with E-state index < -0.39 is 11.9 Å². The molecule has 0 aliphatic heterocycles. The first-order chi connectivity index (χ1) is 6.72. The molecule has 6 nitrogen and oxygen atoms in total. The Kier molecular flexibility index (Phi) is 3.66. The molecule has 76 valence electrons. The highest BCUT2D eigenvalue weighted by Gasteiger charge is 2.08. The lowest BCUT2D eigenvalue weighted by atomic mass is 10.4. The van der Waals surface area contributed by atoms with Crippen LogP contribution in [0.2, 0.25) is 0 Å². The van der Waals surface area contributed by atoms with Crippen molar-refractivity contribution in [1.82, 2.24) is 9.97 Å². The zero-order chi connectivity index (χ0) is 10.4. The number of hydrogen-bond donors (Lipinski definition) is 2. The van der Waals surface area contributed by atoms with Crippen molar-refractivity contribution in [2.45, 2.75) is 13.3 Å². The van der Waals surface area contributed by atoms with Crippen molar-refractivity contribution in [1.29, 1.82) is 0 Å². The van der Waals surface area contributed by atoms with Crippen LogP contribution in [0.1, 0.15) is 13.3 Å². The van der Waals surface area contributed by atoms with Crippen molar-refractivity contribution in [2.24, 2.45) is 4.99 Å². The summed E-state index contributed by atoms with van der Waals surface area (Å²) >= 11 is 0. The molecule has 0 unspecified atom stereocenters. The molecule has 1 aromatic heterocycles. The molecule has 6 heteroatoms. The van der Waals surface area contributed by atoms with Crippen LogP contribution in [0.5, 0.6) is 0 Å². The number of aromatic nitrogens is 2. The molecule has 1 amide bonds. The number of hydrogen-bond acceptors (Lipinski definition) is 3. The summed E-state index contributed by atoms with van der Waals surface area (Å²) in [4.78, 5) is 30.9. The Morgan fingerprint density at radius 3 is 2.64 bits per heavy atom. The molecule has 1 aromatic rings. The third-order valence-corrected chi connectivity index (χ3v) is 1.36. The fraction of sp³-hybridized carbons (Fsp3) is 0.375. The molecule has 14 heavy (non-hydrogen) atoms. The van der Waals surface area contributed by atoms with Crippen LogP contribution >= 0.6 is 0 Å². The molecule has 0 radical (unpaired) electrons. The molecule has 0 saturated heterocycles. The Hall–Kier alpha value is -1.85. The first kappa shape index (κ1) is 10.2. The first-order valence-corrected chi connectivity index (χ1v) is 4.17. The van der Waals surface area contributed by atoms with E-state index in [1.54, 1.807) is 19.3 Å². The lowest BCUT2D eigenvalue weighted by Gasteiger charge is -1.96. The zero-order valence-corrected chi connectivity index (χ0v) is 7.74. The number of H-pyrrole nitrogens is 2. The summed E-state index contributed by atoms with van der Waals surface area (Å²) in [6, 6.07) is 0. The monoisotopic (exact) mass is 197 g/mol. The zero-order valence-electron chi connectivity index (χ0n) is 7.74. The van der Waals surface area contributed by atoms with Crippen LogP contribution < -0.4 is 5.62 Å². The Morgan fingerprint density at radius 1 is 1.43 bits per heavy atom.